The van der Waals surface area contributed by atoms with Crippen LogP contribution in [-0.4, -0.2) is 36.4 Å². The number of nitrogens with zero attached hydrogens (tertiary/aromatic N) is 3. The van der Waals surface area contributed by atoms with Crippen LogP contribution in [0.1, 0.15) is 64.2 Å². The second-order valence-corrected chi connectivity index (χ2v) is 5.77. The van der Waals surface area contributed by atoms with Crippen LogP contribution < -0.4 is 0 Å². The average molecular weight is 305 g/mol. The summed E-state index contributed by atoms with van der Waals surface area (Å²) in [5.41, 5.74) is 0. The zero-order valence-corrected chi connectivity index (χ0v) is 12.9. The molecule has 2 unspecified atom stereocenters. The molecule has 1 aliphatic rings. The first-order valence-electron chi connectivity index (χ1n) is 8.01. The van der Waals surface area contributed by atoms with Crippen LogP contribution in [0.3, 0.4) is 0 Å². The minimum atomic E-state index is -0.0417. The zero-order valence-electron chi connectivity index (χ0n) is 12.9. The van der Waals surface area contributed by atoms with Crippen LogP contribution in [0.2, 0.25) is 0 Å². The molecule has 0 radical (unpaired) electrons. The van der Waals surface area contributed by atoms with E-state index < -0.39 is 0 Å². The summed E-state index contributed by atoms with van der Waals surface area (Å²) >= 11 is 0. The van der Waals surface area contributed by atoms with Gasteiger partial charge in [-0.15, -0.1) is 0 Å². The largest absolute Gasteiger partial charge is 0.235 e. The van der Waals surface area contributed by atoms with Crippen molar-refractivity contribution in [2.75, 3.05) is 0 Å². The van der Waals surface area contributed by atoms with Crippen molar-refractivity contribution in [1.82, 2.24) is 0 Å². The quantitative estimate of drug-likeness (QED) is 0.593. The maximum atomic E-state index is 10.5. The Morgan fingerprint density at radius 1 is 0.500 bits per heavy atom. The van der Waals surface area contributed by atoms with Gasteiger partial charge in [-0.25, -0.2) is 29.4 Å². The van der Waals surface area contributed by atoms with Crippen LogP contribution in [0.5, 0.6) is 0 Å². The third-order valence-electron chi connectivity index (χ3n) is 4.18. The number of hydrogen-bond donors (Lipinski definition) is 0. The number of hydrogen-bond acceptors (Lipinski definition) is 6. The molecular weight excluding hydrogens is 282 g/mol. The van der Waals surface area contributed by atoms with Crippen LogP contribution >= 0.6 is 0 Å². The molecule has 0 aromatic carbocycles. The van der Waals surface area contributed by atoms with Gasteiger partial charge in [0.15, 0.2) is 0 Å². The highest BCUT2D eigenvalue weighted by molar-refractivity contribution is 5.34. The van der Waals surface area contributed by atoms with E-state index in [4.69, 9.17) is 0 Å². The van der Waals surface area contributed by atoms with Gasteiger partial charge >= 0.3 is 0 Å². The van der Waals surface area contributed by atoms with E-state index in [1.807, 2.05) is 0 Å². The van der Waals surface area contributed by atoms with Gasteiger partial charge in [-0.3, -0.25) is 0 Å². The molecule has 120 valence electrons. The Morgan fingerprint density at radius 2 is 0.773 bits per heavy atom. The molecule has 0 aromatic rings. The van der Waals surface area contributed by atoms with Gasteiger partial charge in [0.2, 0.25) is 18.2 Å². The Hall–Kier alpha value is -1.86. The SMILES string of the molecule is O=C=NC1CCCCC(N=C=O)CCCC(N=C=O)CCC1. The molecule has 0 bridgehead atoms. The van der Waals surface area contributed by atoms with Crippen LogP contribution in [0, 0.1) is 0 Å². The summed E-state index contributed by atoms with van der Waals surface area (Å²) in [4.78, 5) is 43.1. The Bertz CT molecular complexity index is 427. The molecule has 0 amide bonds. The summed E-state index contributed by atoms with van der Waals surface area (Å²) in [6.45, 7) is 0. The second-order valence-electron chi connectivity index (χ2n) is 5.77. The molecule has 1 fully saturated rings. The van der Waals surface area contributed by atoms with Crippen molar-refractivity contribution in [2.24, 2.45) is 15.0 Å². The standard InChI is InChI=1S/C16H23N3O3/c20-11-17-14-5-1-2-6-15(18-12-21)8-4-10-16(19-13-22)9-3-7-14/h14-16H,1-10H2. The summed E-state index contributed by atoms with van der Waals surface area (Å²) < 4.78 is 0. The molecule has 1 rings (SSSR count). The second kappa shape index (κ2) is 11.8. The van der Waals surface area contributed by atoms with Crippen LogP contribution in [0.4, 0.5) is 0 Å². The molecule has 0 heterocycles. The predicted octanol–water partition coefficient (Wildman–Crippen LogP) is 3.01. The highest BCUT2D eigenvalue weighted by Gasteiger charge is 2.15. The first-order chi connectivity index (χ1) is 10.8. The van der Waals surface area contributed by atoms with E-state index in [2.05, 4.69) is 15.0 Å². The Labute approximate surface area is 130 Å². The zero-order chi connectivity index (χ0) is 16.0. The van der Waals surface area contributed by atoms with E-state index in [0.29, 0.717) is 0 Å². The lowest BCUT2D eigenvalue weighted by Gasteiger charge is -2.12. The van der Waals surface area contributed by atoms with Crippen molar-refractivity contribution in [3.8, 4) is 0 Å². The first-order valence-corrected chi connectivity index (χ1v) is 8.01. The van der Waals surface area contributed by atoms with Gasteiger partial charge in [-0.05, 0) is 51.4 Å². The van der Waals surface area contributed by atoms with E-state index in [1.54, 1.807) is 18.2 Å². The highest BCUT2D eigenvalue weighted by atomic mass is 16.1. The molecular formula is C16H23N3O3. The predicted molar refractivity (Wildman–Crippen MR) is 81.9 cm³/mol. The van der Waals surface area contributed by atoms with E-state index >= 15 is 0 Å². The van der Waals surface area contributed by atoms with Crippen molar-refractivity contribution in [2.45, 2.75) is 82.3 Å². The van der Waals surface area contributed by atoms with Crippen LogP contribution in [0.25, 0.3) is 0 Å². The number of isocyanates is 3. The Kier molecular flexibility index (Phi) is 9.73. The fraction of sp³-hybridized carbons (Fsp3) is 0.812. The summed E-state index contributed by atoms with van der Waals surface area (Å²) in [5.74, 6) is 0. The van der Waals surface area contributed by atoms with Gasteiger partial charge in [-0.2, -0.15) is 0 Å². The minimum absolute atomic E-state index is 0.00728. The van der Waals surface area contributed by atoms with Gasteiger partial charge in [0.1, 0.15) is 0 Å². The molecule has 2 atom stereocenters. The topological polar surface area (TPSA) is 88.3 Å². The molecule has 0 aromatic heterocycles. The highest BCUT2D eigenvalue weighted by Crippen LogP contribution is 2.21. The molecule has 0 aliphatic heterocycles. The van der Waals surface area contributed by atoms with Crippen molar-refractivity contribution in [3.05, 3.63) is 0 Å². The van der Waals surface area contributed by atoms with E-state index in [1.165, 1.54) is 0 Å². The van der Waals surface area contributed by atoms with Gasteiger partial charge in [0.25, 0.3) is 0 Å². The summed E-state index contributed by atoms with van der Waals surface area (Å²) in [6, 6.07) is -0.0563. The molecule has 0 N–H and O–H groups in total. The van der Waals surface area contributed by atoms with Gasteiger partial charge in [0.05, 0.1) is 18.1 Å². The third kappa shape index (κ3) is 7.80. The lowest BCUT2D eigenvalue weighted by Crippen LogP contribution is -2.09. The molecule has 6 heteroatoms. The van der Waals surface area contributed by atoms with Crippen molar-refractivity contribution in [3.63, 3.8) is 0 Å². The molecule has 1 saturated carbocycles. The average Bonchev–Trinajstić information content (AvgIpc) is 2.52. The van der Waals surface area contributed by atoms with Crippen molar-refractivity contribution < 1.29 is 14.4 Å². The summed E-state index contributed by atoms with van der Waals surface area (Å²) in [5, 5.41) is 0. The smallest absolute Gasteiger partial charge is 0.211 e. The number of rotatable bonds is 3. The van der Waals surface area contributed by atoms with Gasteiger partial charge < -0.3 is 0 Å². The molecule has 0 saturated heterocycles. The van der Waals surface area contributed by atoms with Crippen LogP contribution in [-0.2, 0) is 14.4 Å². The van der Waals surface area contributed by atoms with E-state index in [-0.39, 0.29) is 18.1 Å². The molecule has 22 heavy (non-hydrogen) atoms. The van der Waals surface area contributed by atoms with Gasteiger partial charge in [0, 0.05) is 0 Å². The van der Waals surface area contributed by atoms with Crippen molar-refractivity contribution in [1.29, 1.82) is 0 Å². The minimum Gasteiger partial charge on any atom is -0.211 e. The van der Waals surface area contributed by atoms with Gasteiger partial charge in [-0.1, -0.05) is 12.8 Å². The van der Waals surface area contributed by atoms with E-state index in [9.17, 15) is 14.4 Å². The Morgan fingerprint density at radius 3 is 1.05 bits per heavy atom. The monoisotopic (exact) mass is 305 g/mol. The number of aliphatic imine (C=N–C) groups is 3. The lowest BCUT2D eigenvalue weighted by molar-refractivity contribution is 0.465. The van der Waals surface area contributed by atoms with Crippen LogP contribution in [0.15, 0.2) is 15.0 Å². The molecule has 0 spiro atoms. The maximum Gasteiger partial charge on any atom is 0.235 e. The third-order valence-corrected chi connectivity index (χ3v) is 4.18. The molecule has 1 aliphatic carbocycles. The van der Waals surface area contributed by atoms with Crippen molar-refractivity contribution >= 4 is 18.2 Å². The summed E-state index contributed by atoms with van der Waals surface area (Å²) in [7, 11) is 0. The fourth-order valence-corrected chi connectivity index (χ4v) is 2.98. The number of carbonyl (C=O) groups excluding carboxylic acids is 3. The first kappa shape index (κ1) is 18.2. The van der Waals surface area contributed by atoms with E-state index in [0.717, 1.165) is 64.2 Å². The Balaban J connectivity index is 2.68. The normalized spacial score (nSPS) is 27.5. The lowest BCUT2D eigenvalue weighted by atomic mass is 10.00. The maximum absolute atomic E-state index is 10.5. The summed E-state index contributed by atoms with van der Waals surface area (Å²) in [6.07, 6.45) is 13.5. The fourth-order valence-electron chi connectivity index (χ4n) is 2.98. The molecule has 6 nitrogen and oxygen atoms in total.